The molecule has 2 aromatic carbocycles. The summed E-state index contributed by atoms with van der Waals surface area (Å²) >= 11 is 0.815. The van der Waals surface area contributed by atoms with E-state index in [4.69, 9.17) is 0 Å². The van der Waals surface area contributed by atoms with Crippen LogP contribution in [-0.4, -0.2) is 31.1 Å². The molecule has 0 saturated heterocycles. The van der Waals surface area contributed by atoms with Crippen LogP contribution in [0.2, 0.25) is 0 Å². The molecule has 0 aliphatic carbocycles. The van der Waals surface area contributed by atoms with E-state index < -0.39 is 10.0 Å². The van der Waals surface area contributed by atoms with E-state index in [0.29, 0.717) is 18.5 Å². The van der Waals surface area contributed by atoms with E-state index in [1.807, 2.05) is 25.1 Å². The van der Waals surface area contributed by atoms with Gasteiger partial charge in [0, 0.05) is 12.1 Å². The van der Waals surface area contributed by atoms with Crippen molar-refractivity contribution in [1.82, 2.24) is 14.9 Å². The maximum absolute atomic E-state index is 12.4. The average Bonchev–Trinajstić information content (AvgIpc) is 3.15. The van der Waals surface area contributed by atoms with E-state index >= 15 is 0 Å². The van der Waals surface area contributed by atoms with Gasteiger partial charge in [0.25, 0.3) is 15.9 Å². The van der Waals surface area contributed by atoms with Gasteiger partial charge in [-0.25, -0.2) is 13.1 Å². The van der Waals surface area contributed by atoms with Crippen molar-refractivity contribution in [2.24, 2.45) is 0 Å². The Hall–Kier alpha value is -2.62. The van der Waals surface area contributed by atoms with Gasteiger partial charge in [-0.2, -0.15) is 0 Å². The quantitative estimate of drug-likeness (QED) is 0.434. The molecule has 1 amide bonds. The van der Waals surface area contributed by atoms with E-state index in [9.17, 15) is 13.2 Å². The fraction of sp³-hybridized carbons (Fsp3) is 0.211. The molecule has 0 bridgehead atoms. The summed E-state index contributed by atoms with van der Waals surface area (Å²) in [7, 11) is -3.76. The number of amides is 1. The number of hydrogen-bond acceptors (Lipinski definition) is 6. The van der Waals surface area contributed by atoms with Gasteiger partial charge in [0.2, 0.25) is 9.47 Å². The first-order valence-corrected chi connectivity index (χ1v) is 11.0. The summed E-state index contributed by atoms with van der Waals surface area (Å²) in [6.07, 6.45) is 1.44. The standard InChI is InChI=1S/C19H20N4O3S2/c1-14-7-5-8-15(13-14)9-6-12-20-28(25,26)19-23-22-18(27-19)21-17(24)16-10-3-2-4-11-16/h2-5,7-8,10-11,13,20H,6,9,12H2,1H3,(H,21,22,24). The number of carbonyl (C=O) groups is 1. The van der Waals surface area contributed by atoms with Crippen LogP contribution in [0.1, 0.15) is 27.9 Å². The summed E-state index contributed by atoms with van der Waals surface area (Å²) in [6, 6.07) is 16.7. The second-order valence-electron chi connectivity index (χ2n) is 6.18. The van der Waals surface area contributed by atoms with Gasteiger partial charge in [-0.05, 0) is 37.5 Å². The minimum absolute atomic E-state index is 0.133. The highest BCUT2D eigenvalue weighted by Crippen LogP contribution is 2.20. The lowest BCUT2D eigenvalue weighted by Gasteiger charge is -2.04. The summed E-state index contributed by atoms with van der Waals surface area (Å²) in [5.41, 5.74) is 2.80. The Kier molecular flexibility index (Phi) is 6.50. The molecule has 0 spiro atoms. The Morgan fingerprint density at radius 2 is 1.86 bits per heavy atom. The summed E-state index contributed by atoms with van der Waals surface area (Å²) in [4.78, 5) is 12.1. The van der Waals surface area contributed by atoms with Gasteiger partial charge in [0.15, 0.2) is 0 Å². The molecule has 9 heteroatoms. The van der Waals surface area contributed by atoms with E-state index in [2.05, 4.69) is 26.3 Å². The van der Waals surface area contributed by atoms with Gasteiger partial charge >= 0.3 is 0 Å². The first-order valence-electron chi connectivity index (χ1n) is 8.69. The van der Waals surface area contributed by atoms with Crippen LogP contribution in [0.25, 0.3) is 0 Å². The largest absolute Gasteiger partial charge is 0.296 e. The maximum atomic E-state index is 12.4. The third kappa shape index (κ3) is 5.44. The molecule has 3 aromatic rings. The topological polar surface area (TPSA) is 101 Å². The summed E-state index contributed by atoms with van der Waals surface area (Å²) in [5, 5.41) is 10.1. The Balaban J connectivity index is 1.53. The Morgan fingerprint density at radius 3 is 2.61 bits per heavy atom. The molecule has 28 heavy (non-hydrogen) atoms. The molecule has 0 saturated carbocycles. The lowest BCUT2D eigenvalue weighted by Crippen LogP contribution is -2.25. The second kappa shape index (κ2) is 9.05. The molecule has 0 aliphatic heterocycles. The van der Waals surface area contributed by atoms with Gasteiger partial charge in [-0.1, -0.05) is 59.4 Å². The van der Waals surface area contributed by atoms with E-state index in [-0.39, 0.29) is 15.4 Å². The van der Waals surface area contributed by atoms with Gasteiger partial charge in [0.05, 0.1) is 0 Å². The van der Waals surface area contributed by atoms with Crippen LogP contribution in [0.5, 0.6) is 0 Å². The number of sulfonamides is 1. The number of aromatic nitrogens is 2. The highest BCUT2D eigenvalue weighted by molar-refractivity contribution is 7.91. The smallest absolute Gasteiger partial charge is 0.269 e. The molecule has 1 heterocycles. The van der Waals surface area contributed by atoms with Crippen LogP contribution < -0.4 is 10.0 Å². The number of benzene rings is 2. The zero-order chi connectivity index (χ0) is 20.0. The summed E-state index contributed by atoms with van der Waals surface area (Å²) < 4.78 is 27.1. The van der Waals surface area contributed by atoms with Crippen molar-refractivity contribution in [3.63, 3.8) is 0 Å². The first kappa shape index (κ1) is 20.1. The Morgan fingerprint density at radius 1 is 1.07 bits per heavy atom. The first-order chi connectivity index (χ1) is 13.4. The van der Waals surface area contributed by atoms with Crippen molar-refractivity contribution in [3.8, 4) is 0 Å². The van der Waals surface area contributed by atoms with Gasteiger partial charge < -0.3 is 0 Å². The van der Waals surface area contributed by atoms with E-state index in [1.54, 1.807) is 30.3 Å². The van der Waals surface area contributed by atoms with Crippen LogP contribution in [-0.2, 0) is 16.4 Å². The number of hydrogen-bond donors (Lipinski definition) is 2. The van der Waals surface area contributed by atoms with Crippen molar-refractivity contribution in [2.75, 3.05) is 11.9 Å². The molecule has 3 rings (SSSR count). The zero-order valence-corrected chi connectivity index (χ0v) is 16.9. The number of nitrogens with zero attached hydrogens (tertiary/aromatic N) is 2. The number of rotatable bonds is 8. The predicted octanol–water partition coefficient (Wildman–Crippen LogP) is 3.01. The number of aryl methyl sites for hydroxylation is 2. The highest BCUT2D eigenvalue weighted by atomic mass is 32.2. The number of anilines is 1. The molecule has 2 N–H and O–H groups in total. The SMILES string of the molecule is Cc1cccc(CCCNS(=O)(=O)c2nnc(NC(=O)c3ccccc3)s2)c1. The van der Waals surface area contributed by atoms with Crippen LogP contribution in [0, 0.1) is 6.92 Å². The van der Waals surface area contributed by atoms with Crippen LogP contribution in [0.15, 0.2) is 58.9 Å². The molecule has 0 fully saturated rings. The molecular formula is C19H20N4O3S2. The molecule has 146 valence electrons. The van der Waals surface area contributed by atoms with E-state index in [1.165, 1.54) is 11.1 Å². The van der Waals surface area contributed by atoms with Crippen molar-refractivity contribution in [1.29, 1.82) is 0 Å². The van der Waals surface area contributed by atoms with Crippen molar-refractivity contribution in [3.05, 3.63) is 71.3 Å². The lowest BCUT2D eigenvalue weighted by molar-refractivity contribution is 0.102. The predicted molar refractivity (Wildman–Crippen MR) is 109 cm³/mol. The van der Waals surface area contributed by atoms with Crippen molar-refractivity contribution in [2.45, 2.75) is 24.1 Å². The van der Waals surface area contributed by atoms with Gasteiger partial charge in [-0.3, -0.25) is 10.1 Å². The molecule has 0 aliphatic rings. The molecular weight excluding hydrogens is 396 g/mol. The minimum atomic E-state index is -3.76. The Labute approximate surface area is 167 Å². The van der Waals surface area contributed by atoms with Gasteiger partial charge in [-0.15, -0.1) is 10.2 Å². The zero-order valence-electron chi connectivity index (χ0n) is 15.3. The van der Waals surface area contributed by atoms with Gasteiger partial charge in [0.1, 0.15) is 0 Å². The molecule has 7 nitrogen and oxygen atoms in total. The van der Waals surface area contributed by atoms with Crippen molar-refractivity contribution < 1.29 is 13.2 Å². The highest BCUT2D eigenvalue weighted by Gasteiger charge is 2.20. The molecule has 0 atom stereocenters. The van der Waals surface area contributed by atoms with Crippen molar-refractivity contribution >= 4 is 32.4 Å². The Bertz CT molecular complexity index is 1050. The summed E-state index contributed by atoms with van der Waals surface area (Å²) in [5.74, 6) is -0.369. The average molecular weight is 417 g/mol. The van der Waals surface area contributed by atoms with E-state index in [0.717, 1.165) is 17.8 Å². The number of carbonyl (C=O) groups excluding carboxylic acids is 1. The normalized spacial score (nSPS) is 11.3. The number of nitrogens with one attached hydrogen (secondary N) is 2. The fourth-order valence-corrected chi connectivity index (χ4v) is 4.57. The van der Waals surface area contributed by atoms with Crippen LogP contribution >= 0.6 is 11.3 Å². The molecule has 0 unspecified atom stereocenters. The third-order valence-electron chi connectivity index (χ3n) is 3.91. The molecule has 0 radical (unpaired) electrons. The van der Waals surface area contributed by atoms with Crippen LogP contribution in [0.3, 0.4) is 0 Å². The molecule has 1 aromatic heterocycles. The fourth-order valence-electron chi connectivity index (χ4n) is 2.56. The van der Waals surface area contributed by atoms with Crippen LogP contribution in [0.4, 0.5) is 5.13 Å². The monoisotopic (exact) mass is 416 g/mol. The maximum Gasteiger partial charge on any atom is 0.269 e. The minimum Gasteiger partial charge on any atom is -0.296 e. The third-order valence-corrected chi connectivity index (χ3v) is 6.58. The summed E-state index contributed by atoms with van der Waals surface area (Å²) in [6.45, 7) is 2.32. The second-order valence-corrected chi connectivity index (χ2v) is 9.10. The lowest BCUT2D eigenvalue weighted by atomic mass is 10.1.